The van der Waals surface area contributed by atoms with Gasteiger partial charge in [-0.05, 0) is 19.8 Å². The summed E-state index contributed by atoms with van der Waals surface area (Å²) in [6.45, 7) is 5.54. The molecule has 0 bridgehead atoms. The summed E-state index contributed by atoms with van der Waals surface area (Å²) < 4.78 is 10.3. The number of ether oxygens (including phenoxy) is 1. The highest BCUT2D eigenvalue weighted by molar-refractivity contribution is 6.20. The maximum Gasteiger partial charge on any atom is 0.226 e. The minimum atomic E-state index is -0.130. The first-order chi connectivity index (χ1) is 7.77. The molecule has 0 radical (unpaired) electrons. The number of hydrogen-bond donors (Lipinski definition) is 0. The molecule has 5 heteroatoms. The first kappa shape index (κ1) is 13.5. The first-order valence-electron chi connectivity index (χ1n) is 5.82. The van der Waals surface area contributed by atoms with Crippen molar-refractivity contribution < 1.29 is 9.26 Å². The largest absolute Gasteiger partial charge is 0.382 e. The molecular formula is C11H19ClN2O2. The van der Waals surface area contributed by atoms with Crippen molar-refractivity contribution in [2.45, 2.75) is 44.9 Å². The molecule has 1 unspecified atom stereocenters. The van der Waals surface area contributed by atoms with Crippen LogP contribution in [0.1, 0.15) is 50.2 Å². The second-order valence-corrected chi connectivity index (χ2v) is 4.13. The van der Waals surface area contributed by atoms with Crippen molar-refractivity contribution in [1.29, 1.82) is 0 Å². The smallest absolute Gasteiger partial charge is 0.226 e. The van der Waals surface area contributed by atoms with Gasteiger partial charge in [-0.1, -0.05) is 18.5 Å². The van der Waals surface area contributed by atoms with Crippen molar-refractivity contribution in [1.82, 2.24) is 10.1 Å². The van der Waals surface area contributed by atoms with E-state index in [1.165, 1.54) is 0 Å². The van der Waals surface area contributed by atoms with Crippen molar-refractivity contribution in [2.75, 3.05) is 13.2 Å². The van der Waals surface area contributed by atoms with Crippen LogP contribution in [0.15, 0.2) is 4.52 Å². The van der Waals surface area contributed by atoms with E-state index in [1.807, 2.05) is 6.92 Å². The van der Waals surface area contributed by atoms with Crippen LogP contribution in [-0.2, 0) is 11.2 Å². The number of rotatable bonds is 8. The van der Waals surface area contributed by atoms with E-state index in [2.05, 4.69) is 17.1 Å². The zero-order valence-electron chi connectivity index (χ0n) is 9.91. The molecule has 92 valence electrons. The van der Waals surface area contributed by atoms with Gasteiger partial charge < -0.3 is 9.26 Å². The Morgan fingerprint density at radius 1 is 1.44 bits per heavy atom. The Bertz CT molecular complexity index is 291. The lowest BCUT2D eigenvalue weighted by atomic mass is 10.2. The normalized spacial score (nSPS) is 12.9. The van der Waals surface area contributed by atoms with E-state index in [0.29, 0.717) is 11.7 Å². The highest BCUT2D eigenvalue weighted by atomic mass is 35.5. The summed E-state index contributed by atoms with van der Waals surface area (Å²) in [4.78, 5) is 4.26. The van der Waals surface area contributed by atoms with Crippen molar-refractivity contribution in [3.8, 4) is 0 Å². The molecular weight excluding hydrogens is 228 g/mol. The lowest BCUT2D eigenvalue weighted by Gasteiger charge is -1.99. The van der Waals surface area contributed by atoms with Crippen LogP contribution >= 0.6 is 11.6 Å². The predicted molar refractivity (Wildman–Crippen MR) is 62.6 cm³/mol. The maximum atomic E-state index is 6.09. The number of nitrogens with zero attached hydrogens (tertiary/aromatic N) is 2. The van der Waals surface area contributed by atoms with Crippen LogP contribution in [-0.4, -0.2) is 23.4 Å². The zero-order chi connectivity index (χ0) is 11.8. The molecule has 0 aliphatic heterocycles. The van der Waals surface area contributed by atoms with Crippen LogP contribution in [0, 0.1) is 0 Å². The Hall–Kier alpha value is -0.610. The fourth-order valence-corrected chi connectivity index (χ4v) is 1.66. The summed E-state index contributed by atoms with van der Waals surface area (Å²) >= 11 is 6.09. The second kappa shape index (κ2) is 7.63. The number of halogens is 1. The van der Waals surface area contributed by atoms with E-state index < -0.39 is 0 Å². The van der Waals surface area contributed by atoms with E-state index in [-0.39, 0.29) is 5.38 Å². The Morgan fingerprint density at radius 2 is 2.25 bits per heavy atom. The molecule has 0 aliphatic rings. The Balaban J connectivity index is 2.33. The highest BCUT2D eigenvalue weighted by Gasteiger charge is 2.14. The van der Waals surface area contributed by atoms with E-state index >= 15 is 0 Å². The van der Waals surface area contributed by atoms with Crippen LogP contribution in [0.3, 0.4) is 0 Å². The fraction of sp³-hybridized carbons (Fsp3) is 0.818. The number of hydrogen-bond acceptors (Lipinski definition) is 4. The summed E-state index contributed by atoms with van der Waals surface area (Å²) in [7, 11) is 0. The molecule has 1 aromatic rings. The fourth-order valence-electron chi connectivity index (χ4n) is 1.35. The summed E-state index contributed by atoms with van der Waals surface area (Å²) in [6.07, 6.45) is 3.54. The Kier molecular flexibility index (Phi) is 6.42. The standard InChI is InChI=1S/C11H19ClN2O2/c1-3-6-9(12)11-13-10(16-14-11)7-5-8-15-4-2/h9H,3-8H2,1-2H3. The van der Waals surface area contributed by atoms with Gasteiger partial charge in [0.15, 0.2) is 5.82 Å². The van der Waals surface area contributed by atoms with E-state index in [1.54, 1.807) is 0 Å². The predicted octanol–water partition coefficient (Wildman–Crippen LogP) is 3.12. The monoisotopic (exact) mass is 246 g/mol. The van der Waals surface area contributed by atoms with Gasteiger partial charge in [-0.3, -0.25) is 0 Å². The highest BCUT2D eigenvalue weighted by Crippen LogP contribution is 2.22. The summed E-state index contributed by atoms with van der Waals surface area (Å²) in [5, 5.41) is 3.74. The van der Waals surface area contributed by atoms with Gasteiger partial charge in [0.05, 0.1) is 5.38 Å². The number of aromatic nitrogens is 2. The van der Waals surface area contributed by atoms with E-state index in [4.69, 9.17) is 20.9 Å². The molecule has 0 aliphatic carbocycles. The molecule has 0 saturated carbocycles. The molecule has 0 amide bonds. The van der Waals surface area contributed by atoms with Crippen molar-refractivity contribution in [3.05, 3.63) is 11.7 Å². The van der Waals surface area contributed by atoms with Gasteiger partial charge in [0.1, 0.15) is 0 Å². The van der Waals surface area contributed by atoms with Crippen molar-refractivity contribution >= 4 is 11.6 Å². The molecule has 0 fully saturated rings. The Labute approximate surface area is 101 Å². The minimum Gasteiger partial charge on any atom is -0.382 e. The van der Waals surface area contributed by atoms with Crippen LogP contribution in [0.4, 0.5) is 0 Å². The number of alkyl halides is 1. The quantitative estimate of drug-likeness (QED) is 0.522. The van der Waals surface area contributed by atoms with Gasteiger partial charge in [-0.15, -0.1) is 11.6 Å². The van der Waals surface area contributed by atoms with E-state index in [9.17, 15) is 0 Å². The Morgan fingerprint density at radius 3 is 2.94 bits per heavy atom. The van der Waals surface area contributed by atoms with Crippen LogP contribution in [0.5, 0.6) is 0 Å². The molecule has 0 spiro atoms. The first-order valence-corrected chi connectivity index (χ1v) is 6.25. The zero-order valence-corrected chi connectivity index (χ0v) is 10.7. The van der Waals surface area contributed by atoms with Gasteiger partial charge >= 0.3 is 0 Å². The molecule has 1 rings (SSSR count). The van der Waals surface area contributed by atoms with Crippen LogP contribution in [0.25, 0.3) is 0 Å². The summed E-state index contributed by atoms with van der Waals surface area (Å²) in [5.74, 6) is 1.26. The number of aryl methyl sites for hydroxylation is 1. The molecule has 1 heterocycles. The molecule has 1 aromatic heterocycles. The van der Waals surface area contributed by atoms with Crippen molar-refractivity contribution in [3.63, 3.8) is 0 Å². The third-order valence-corrected chi connectivity index (χ3v) is 2.60. The van der Waals surface area contributed by atoms with Gasteiger partial charge in [0, 0.05) is 19.6 Å². The molecule has 4 nitrogen and oxygen atoms in total. The maximum absolute atomic E-state index is 6.09. The minimum absolute atomic E-state index is 0.130. The van der Waals surface area contributed by atoms with Crippen molar-refractivity contribution in [2.24, 2.45) is 0 Å². The molecule has 16 heavy (non-hydrogen) atoms. The van der Waals surface area contributed by atoms with E-state index in [0.717, 1.165) is 38.9 Å². The van der Waals surface area contributed by atoms with Gasteiger partial charge in [0.25, 0.3) is 0 Å². The van der Waals surface area contributed by atoms with Crippen LogP contribution in [0.2, 0.25) is 0 Å². The van der Waals surface area contributed by atoms with Gasteiger partial charge in [-0.25, -0.2) is 0 Å². The van der Waals surface area contributed by atoms with Gasteiger partial charge in [0.2, 0.25) is 5.89 Å². The lowest BCUT2D eigenvalue weighted by molar-refractivity contribution is 0.143. The topological polar surface area (TPSA) is 48.2 Å². The SMILES string of the molecule is CCCC(Cl)c1noc(CCCOCC)n1. The van der Waals surface area contributed by atoms with Crippen LogP contribution < -0.4 is 0 Å². The molecule has 0 N–H and O–H groups in total. The second-order valence-electron chi connectivity index (χ2n) is 3.60. The molecule has 0 saturated heterocycles. The summed E-state index contributed by atoms with van der Waals surface area (Å²) in [6, 6.07) is 0. The third-order valence-electron chi connectivity index (χ3n) is 2.19. The average molecular weight is 247 g/mol. The van der Waals surface area contributed by atoms with Gasteiger partial charge in [-0.2, -0.15) is 4.98 Å². The molecule has 0 aromatic carbocycles. The average Bonchev–Trinajstić information content (AvgIpc) is 2.73. The lowest BCUT2D eigenvalue weighted by Crippen LogP contribution is -1.97. The third kappa shape index (κ3) is 4.49. The molecule has 1 atom stereocenters. The summed E-state index contributed by atoms with van der Waals surface area (Å²) in [5.41, 5.74) is 0.